The number of para-hydroxylation sites is 2. The molecule has 1 saturated carbocycles. The second-order valence-electron chi connectivity index (χ2n) is 6.10. The molecule has 3 unspecified atom stereocenters. The molecule has 4 heteroatoms. The van der Waals surface area contributed by atoms with Crippen LogP contribution in [-0.4, -0.2) is 24.5 Å². The average Bonchev–Trinajstić information content (AvgIpc) is 2.47. The Morgan fingerprint density at radius 2 is 2.05 bits per heavy atom. The summed E-state index contributed by atoms with van der Waals surface area (Å²) in [5, 5.41) is 9.85. The second-order valence-corrected chi connectivity index (χ2v) is 6.10. The molecule has 0 aromatic heterocycles. The Bertz CT molecular complexity index is 488. The highest BCUT2D eigenvalue weighted by Crippen LogP contribution is 2.26. The van der Waals surface area contributed by atoms with Crippen LogP contribution in [0.5, 0.6) is 0 Å². The summed E-state index contributed by atoms with van der Waals surface area (Å²) in [4.78, 5) is 12.4. The summed E-state index contributed by atoms with van der Waals surface area (Å²) in [5.41, 5.74) is 2.08. The number of benzene rings is 1. The summed E-state index contributed by atoms with van der Waals surface area (Å²) in [7, 11) is 0. The molecule has 0 bridgehead atoms. The van der Waals surface area contributed by atoms with E-state index < -0.39 is 0 Å². The topological polar surface area (TPSA) is 53.2 Å². The second kappa shape index (κ2) is 5.73. The van der Waals surface area contributed by atoms with Gasteiger partial charge in [0, 0.05) is 12.6 Å². The van der Waals surface area contributed by atoms with E-state index in [4.69, 9.17) is 0 Å². The van der Waals surface area contributed by atoms with E-state index in [1.165, 1.54) is 12.8 Å². The maximum atomic E-state index is 12.4. The molecule has 1 heterocycles. The Hall–Kier alpha value is -1.71. The lowest BCUT2D eigenvalue weighted by Crippen LogP contribution is -2.50. The summed E-state index contributed by atoms with van der Waals surface area (Å²) < 4.78 is 0. The van der Waals surface area contributed by atoms with Crippen molar-refractivity contribution >= 4 is 17.3 Å². The fourth-order valence-electron chi connectivity index (χ4n) is 3.24. The third-order valence-electron chi connectivity index (χ3n) is 4.35. The Kier molecular flexibility index (Phi) is 3.81. The van der Waals surface area contributed by atoms with E-state index in [0.717, 1.165) is 30.1 Å². The van der Waals surface area contributed by atoms with Gasteiger partial charge in [-0.2, -0.15) is 0 Å². The molecule has 3 atom stereocenters. The summed E-state index contributed by atoms with van der Waals surface area (Å²) in [6, 6.07) is 8.19. The van der Waals surface area contributed by atoms with E-state index in [1.54, 1.807) is 0 Å². The predicted molar refractivity (Wildman–Crippen MR) is 81.9 cm³/mol. The number of amides is 1. The van der Waals surface area contributed by atoms with E-state index in [-0.39, 0.29) is 11.9 Å². The van der Waals surface area contributed by atoms with Crippen molar-refractivity contribution in [2.45, 2.75) is 44.7 Å². The molecule has 1 aromatic rings. The zero-order valence-electron chi connectivity index (χ0n) is 12.0. The zero-order chi connectivity index (χ0) is 13.9. The molecule has 108 valence electrons. The van der Waals surface area contributed by atoms with Gasteiger partial charge in [0.1, 0.15) is 6.04 Å². The van der Waals surface area contributed by atoms with E-state index >= 15 is 0 Å². The van der Waals surface area contributed by atoms with Crippen molar-refractivity contribution in [3.8, 4) is 0 Å². The summed E-state index contributed by atoms with van der Waals surface area (Å²) in [6.07, 6.45) is 4.75. The Morgan fingerprint density at radius 1 is 1.25 bits per heavy atom. The molecular formula is C16H23N3O. The van der Waals surface area contributed by atoms with Crippen LogP contribution in [0.15, 0.2) is 24.3 Å². The standard InChI is InChI=1S/C16H23N3O/c1-11-5-4-6-12(9-11)18-16(20)15-10-17-13-7-2-3-8-14(13)19-15/h2-3,7-8,11-12,15,17,19H,4-6,9-10H2,1H3,(H,18,20). The molecule has 0 radical (unpaired) electrons. The minimum absolute atomic E-state index is 0.117. The number of nitrogens with one attached hydrogen (secondary N) is 3. The molecule has 0 saturated heterocycles. The molecule has 1 amide bonds. The van der Waals surface area contributed by atoms with Crippen molar-refractivity contribution in [1.82, 2.24) is 5.32 Å². The fraction of sp³-hybridized carbons (Fsp3) is 0.562. The Labute approximate surface area is 120 Å². The number of rotatable bonds is 2. The van der Waals surface area contributed by atoms with E-state index in [1.807, 2.05) is 24.3 Å². The molecule has 20 heavy (non-hydrogen) atoms. The van der Waals surface area contributed by atoms with Gasteiger partial charge in [-0.3, -0.25) is 4.79 Å². The van der Waals surface area contributed by atoms with Crippen LogP contribution in [0.3, 0.4) is 0 Å². The lowest BCUT2D eigenvalue weighted by Gasteiger charge is -2.31. The summed E-state index contributed by atoms with van der Waals surface area (Å²) in [5.74, 6) is 0.846. The van der Waals surface area contributed by atoms with Gasteiger partial charge >= 0.3 is 0 Å². The highest BCUT2D eigenvalue weighted by Gasteiger charge is 2.27. The van der Waals surface area contributed by atoms with Crippen LogP contribution >= 0.6 is 0 Å². The molecule has 1 fully saturated rings. The smallest absolute Gasteiger partial charge is 0.244 e. The van der Waals surface area contributed by atoms with Crippen molar-refractivity contribution in [2.24, 2.45) is 5.92 Å². The monoisotopic (exact) mass is 273 g/mol. The van der Waals surface area contributed by atoms with Gasteiger partial charge in [-0.1, -0.05) is 31.9 Å². The Morgan fingerprint density at radius 3 is 2.85 bits per heavy atom. The molecule has 4 nitrogen and oxygen atoms in total. The quantitative estimate of drug-likeness (QED) is 0.776. The van der Waals surface area contributed by atoms with Gasteiger partial charge in [0.2, 0.25) is 5.91 Å². The van der Waals surface area contributed by atoms with Gasteiger partial charge in [-0.05, 0) is 30.9 Å². The summed E-state index contributed by atoms with van der Waals surface area (Å²) in [6.45, 7) is 2.92. The molecular weight excluding hydrogens is 250 g/mol. The first kappa shape index (κ1) is 13.3. The largest absolute Gasteiger partial charge is 0.381 e. The van der Waals surface area contributed by atoms with Crippen LogP contribution in [0.25, 0.3) is 0 Å². The van der Waals surface area contributed by atoms with Gasteiger partial charge < -0.3 is 16.0 Å². The third kappa shape index (κ3) is 2.89. The van der Waals surface area contributed by atoms with Crippen LogP contribution in [0.2, 0.25) is 0 Å². The van der Waals surface area contributed by atoms with Crippen molar-refractivity contribution in [2.75, 3.05) is 17.2 Å². The first-order chi connectivity index (χ1) is 9.72. The number of carbonyl (C=O) groups excluding carboxylic acids is 1. The molecule has 3 rings (SSSR count). The predicted octanol–water partition coefficient (Wildman–Crippen LogP) is 2.59. The van der Waals surface area contributed by atoms with Gasteiger partial charge in [-0.25, -0.2) is 0 Å². The lowest BCUT2D eigenvalue weighted by molar-refractivity contribution is -0.122. The van der Waals surface area contributed by atoms with Gasteiger partial charge in [0.05, 0.1) is 11.4 Å². The van der Waals surface area contributed by atoms with Crippen LogP contribution in [-0.2, 0) is 4.79 Å². The van der Waals surface area contributed by atoms with Crippen molar-refractivity contribution < 1.29 is 4.79 Å². The van der Waals surface area contributed by atoms with Crippen molar-refractivity contribution in [1.29, 1.82) is 0 Å². The zero-order valence-corrected chi connectivity index (χ0v) is 12.0. The van der Waals surface area contributed by atoms with Crippen LogP contribution in [0, 0.1) is 5.92 Å². The van der Waals surface area contributed by atoms with Gasteiger partial charge in [0.15, 0.2) is 0 Å². The average molecular weight is 273 g/mol. The number of anilines is 2. The molecule has 3 N–H and O–H groups in total. The van der Waals surface area contributed by atoms with E-state index in [9.17, 15) is 4.79 Å². The minimum Gasteiger partial charge on any atom is -0.381 e. The number of hydrogen-bond donors (Lipinski definition) is 3. The molecule has 2 aliphatic rings. The van der Waals surface area contributed by atoms with Crippen molar-refractivity contribution in [3.63, 3.8) is 0 Å². The lowest BCUT2D eigenvalue weighted by atomic mass is 9.87. The number of hydrogen-bond acceptors (Lipinski definition) is 3. The maximum absolute atomic E-state index is 12.4. The van der Waals surface area contributed by atoms with Gasteiger partial charge in [-0.15, -0.1) is 0 Å². The van der Waals surface area contributed by atoms with Crippen LogP contribution in [0.4, 0.5) is 11.4 Å². The molecule has 1 aliphatic heterocycles. The normalized spacial score (nSPS) is 28.8. The van der Waals surface area contributed by atoms with Gasteiger partial charge in [0.25, 0.3) is 0 Å². The number of fused-ring (bicyclic) bond motifs is 1. The highest BCUT2D eigenvalue weighted by atomic mass is 16.2. The first-order valence-corrected chi connectivity index (χ1v) is 7.62. The van der Waals surface area contributed by atoms with E-state index in [2.05, 4.69) is 22.9 Å². The molecule has 1 aromatic carbocycles. The SMILES string of the molecule is CC1CCCC(NC(=O)C2CNc3ccccc3N2)C1. The van der Waals surface area contributed by atoms with Crippen LogP contribution in [0.1, 0.15) is 32.6 Å². The fourth-order valence-corrected chi connectivity index (χ4v) is 3.24. The molecule has 0 spiro atoms. The van der Waals surface area contributed by atoms with E-state index in [0.29, 0.717) is 12.6 Å². The maximum Gasteiger partial charge on any atom is 0.244 e. The minimum atomic E-state index is -0.179. The first-order valence-electron chi connectivity index (χ1n) is 7.62. The number of carbonyl (C=O) groups is 1. The Balaban J connectivity index is 1.59. The molecule has 1 aliphatic carbocycles. The highest BCUT2D eigenvalue weighted by molar-refractivity contribution is 5.88. The third-order valence-corrected chi connectivity index (χ3v) is 4.35. The van der Waals surface area contributed by atoms with Crippen molar-refractivity contribution in [3.05, 3.63) is 24.3 Å². The van der Waals surface area contributed by atoms with Crippen LogP contribution < -0.4 is 16.0 Å². The summed E-state index contributed by atoms with van der Waals surface area (Å²) >= 11 is 0.